The highest BCUT2D eigenvalue weighted by Gasteiger charge is 2.30. The van der Waals surface area contributed by atoms with Gasteiger partial charge in [0.1, 0.15) is 12.9 Å². The number of carbonyl (C=O) groups is 2. The van der Waals surface area contributed by atoms with E-state index in [2.05, 4.69) is 5.32 Å². The summed E-state index contributed by atoms with van der Waals surface area (Å²) in [6.07, 6.45) is 1.98. The lowest BCUT2D eigenvalue weighted by Gasteiger charge is -2.31. The number of alkyl carbamates (subject to hydrolysis) is 1. The summed E-state index contributed by atoms with van der Waals surface area (Å²) >= 11 is 0. The first kappa shape index (κ1) is 11.6. The highest BCUT2D eigenvalue weighted by molar-refractivity contribution is 5.68. The van der Waals surface area contributed by atoms with Gasteiger partial charge >= 0.3 is 6.09 Å². The molecule has 1 aliphatic rings. The van der Waals surface area contributed by atoms with E-state index in [1.54, 1.807) is 0 Å². The van der Waals surface area contributed by atoms with E-state index in [4.69, 9.17) is 4.74 Å². The van der Waals surface area contributed by atoms with Crippen LogP contribution >= 0.6 is 0 Å². The van der Waals surface area contributed by atoms with Gasteiger partial charge in [-0.15, -0.1) is 0 Å². The Morgan fingerprint density at radius 1 is 1.35 bits per heavy atom. The summed E-state index contributed by atoms with van der Waals surface area (Å²) in [5, 5.41) is 2.73. The van der Waals surface area contributed by atoms with Gasteiger partial charge in [0.25, 0.3) is 0 Å². The normalized spacial score (nSPS) is 22.4. The maximum absolute atomic E-state index is 11.4. The molecule has 1 aromatic carbocycles. The van der Waals surface area contributed by atoms with Crippen LogP contribution in [0.2, 0.25) is 0 Å². The lowest BCUT2D eigenvalue weighted by Crippen LogP contribution is -2.44. The van der Waals surface area contributed by atoms with Crippen molar-refractivity contribution in [1.29, 1.82) is 0 Å². The Hall–Kier alpha value is -1.84. The molecule has 0 spiro atoms. The molecule has 0 aliphatic heterocycles. The van der Waals surface area contributed by atoms with E-state index in [9.17, 15) is 9.59 Å². The molecule has 1 aromatic rings. The number of nitrogens with one attached hydrogen (secondary N) is 1. The number of rotatable bonds is 4. The van der Waals surface area contributed by atoms with Gasteiger partial charge in [0.15, 0.2) is 0 Å². The van der Waals surface area contributed by atoms with Crippen molar-refractivity contribution in [3.05, 3.63) is 35.9 Å². The van der Waals surface area contributed by atoms with Gasteiger partial charge in [-0.25, -0.2) is 4.79 Å². The fourth-order valence-electron chi connectivity index (χ4n) is 1.82. The molecule has 1 amide bonds. The molecule has 0 unspecified atom stereocenters. The van der Waals surface area contributed by atoms with Gasteiger partial charge < -0.3 is 14.8 Å². The van der Waals surface area contributed by atoms with Crippen LogP contribution < -0.4 is 5.32 Å². The molecule has 4 nitrogen and oxygen atoms in total. The zero-order chi connectivity index (χ0) is 12.1. The Bertz CT molecular complexity index is 385. The second-order valence-corrected chi connectivity index (χ2v) is 4.27. The first-order valence-electron chi connectivity index (χ1n) is 5.70. The topological polar surface area (TPSA) is 55.4 Å². The molecule has 17 heavy (non-hydrogen) atoms. The third-order valence-corrected chi connectivity index (χ3v) is 2.90. The maximum atomic E-state index is 11.4. The van der Waals surface area contributed by atoms with Crippen molar-refractivity contribution in [3.8, 4) is 0 Å². The number of amides is 1. The molecule has 90 valence electrons. The van der Waals surface area contributed by atoms with Crippen LogP contribution in [-0.2, 0) is 16.1 Å². The SMILES string of the molecule is O=CC1CC(NC(=O)OCc2ccccc2)C1. The van der Waals surface area contributed by atoms with Crippen LogP contribution in [0.3, 0.4) is 0 Å². The fourth-order valence-corrected chi connectivity index (χ4v) is 1.82. The van der Waals surface area contributed by atoms with E-state index in [0.29, 0.717) is 0 Å². The van der Waals surface area contributed by atoms with E-state index in [0.717, 1.165) is 24.7 Å². The van der Waals surface area contributed by atoms with E-state index >= 15 is 0 Å². The lowest BCUT2D eigenvalue weighted by atomic mass is 9.81. The van der Waals surface area contributed by atoms with Crippen molar-refractivity contribution < 1.29 is 14.3 Å². The Labute approximate surface area is 100.0 Å². The molecule has 0 bridgehead atoms. The Balaban J connectivity index is 1.67. The molecular weight excluding hydrogens is 218 g/mol. The summed E-state index contributed by atoms with van der Waals surface area (Å²) in [6.45, 7) is 0.274. The monoisotopic (exact) mass is 233 g/mol. The van der Waals surface area contributed by atoms with E-state index in [1.807, 2.05) is 30.3 Å². The summed E-state index contributed by atoms with van der Waals surface area (Å²) in [5.41, 5.74) is 0.960. The van der Waals surface area contributed by atoms with Gasteiger partial charge in [0, 0.05) is 12.0 Å². The predicted molar refractivity (Wildman–Crippen MR) is 62.3 cm³/mol. The van der Waals surface area contributed by atoms with Crippen molar-refractivity contribution in [2.24, 2.45) is 5.92 Å². The van der Waals surface area contributed by atoms with Crippen LogP contribution in [-0.4, -0.2) is 18.4 Å². The van der Waals surface area contributed by atoms with Gasteiger partial charge in [-0.2, -0.15) is 0 Å². The van der Waals surface area contributed by atoms with Gasteiger partial charge in [0.2, 0.25) is 0 Å². The summed E-state index contributed by atoms with van der Waals surface area (Å²) < 4.78 is 5.06. The van der Waals surface area contributed by atoms with Crippen molar-refractivity contribution in [2.45, 2.75) is 25.5 Å². The average molecular weight is 233 g/mol. The first-order valence-corrected chi connectivity index (χ1v) is 5.70. The van der Waals surface area contributed by atoms with Crippen LogP contribution in [0.15, 0.2) is 30.3 Å². The molecule has 0 radical (unpaired) electrons. The smallest absolute Gasteiger partial charge is 0.407 e. The van der Waals surface area contributed by atoms with E-state index < -0.39 is 6.09 Å². The third-order valence-electron chi connectivity index (χ3n) is 2.90. The van der Waals surface area contributed by atoms with Crippen molar-refractivity contribution in [1.82, 2.24) is 5.32 Å². The van der Waals surface area contributed by atoms with Crippen molar-refractivity contribution in [2.75, 3.05) is 0 Å². The molecule has 0 saturated heterocycles. The van der Waals surface area contributed by atoms with Crippen LogP contribution in [0.4, 0.5) is 4.79 Å². The molecule has 4 heteroatoms. The summed E-state index contributed by atoms with van der Waals surface area (Å²) in [5.74, 6) is 0.106. The largest absolute Gasteiger partial charge is 0.445 e. The number of hydrogen-bond acceptors (Lipinski definition) is 3. The average Bonchev–Trinajstić information content (AvgIpc) is 2.32. The van der Waals surface area contributed by atoms with Gasteiger partial charge in [0.05, 0.1) is 0 Å². The molecule has 1 fully saturated rings. The van der Waals surface area contributed by atoms with Gasteiger partial charge in [-0.05, 0) is 18.4 Å². The molecular formula is C13H15NO3. The van der Waals surface area contributed by atoms with Crippen LogP contribution in [0.5, 0.6) is 0 Å². The second kappa shape index (κ2) is 5.48. The summed E-state index contributed by atoms with van der Waals surface area (Å²) in [7, 11) is 0. The second-order valence-electron chi connectivity index (χ2n) is 4.27. The minimum Gasteiger partial charge on any atom is -0.445 e. The quantitative estimate of drug-likeness (QED) is 0.808. The van der Waals surface area contributed by atoms with Crippen LogP contribution in [0.25, 0.3) is 0 Å². The molecule has 0 aromatic heterocycles. The fraction of sp³-hybridized carbons (Fsp3) is 0.385. The zero-order valence-electron chi connectivity index (χ0n) is 9.46. The number of benzene rings is 1. The molecule has 0 atom stereocenters. The van der Waals surface area contributed by atoms with Gasteiger partial charge in [-0.3, -0.25) is 0 Å². The molecule has 0 heterocycles. The van der Waals surface area contributed by atoms with Gasteiger partial charge in [-0.1, -0.05) is 30.3 Å². The van der Waals surface area contributed by atoms with Crippen LogP contribution in [0.1, 0.15) is 18.4 Å². The Morgan fingerprint density at radius 3 is 2.71 bits per heavy atom. The number of aldehydes is 1. The highest BCUT2D eigenvalue weighted by atomic mass is 16.5. The highest BCUT2D eigenvalue weighted by Crippen LogP contribution is 2.25. The summed E-state index contributed by atoms with van der Waals surface area (Å²) in [6, 6.07) is 9.61. The van der Waals surface area contributed by atoms with E-state index in [-0.39, 0.29) is 18.6 Å². The maximum Gasteiger partial charge on any atom is 0.407 e. The predicted octanol–water partition coefficient (Wildman–Crippen LogP) is 1.89. The van der Waals surface area contributed by atoms with Crippen molar-refractivity contribution in [3.63, 3.8) is 0 Å². The number of ether oxygens (including phenoxy) is 1. The first-order chi connectivity index (χ1) is 8.28. The Kier molecular flexibility index (Phi) is 3.75. The Morgan fingerprint density at radius 2 is 2.06 bits per heavy atom. The molecule has 1 saturated carbocycles. The van der Waals surface area contributed by atoms with Crippen LogP contribution in [0, 0.1) is 5.92 Å². The van der Waals surface area contributed by atoms with Crippen molar-refractivity contribution >= 4 is 12.4 Å². The zero-order valence-corrected chi connectivity index (χ0v) is 9.46. The van der Waals surface area contributed by atoms with E-state index in [1.165, 1.54) is 0 Å². The minimum absolute atomic E-state index is 0.0912. The molecule has 1 N–H and O–H groups in total. The number of carbonyl (C=O) groups excluding carboxylic acids is 2. The molecule has 2 rings (SSSR count). The standard InChI is InChI=1S/C13H15NO3/c15-8-11-6-12(7-11)14-13(16)17-9-10-4-2-1-3-5-10/h1-5,8,11-12H,6-7,9H2,(H,14,16). The molecule has 1 aliphatic carbocycles. The minimum atomic E-state index is -0.414. The lowest BCUT2D eigenvalue weighted by molar-refractivity contribution is -0.113. The third kappa shape index (κ3) is 3.31. The number of hydrogen-bond donors (Lipinski definition) is 1. The summed E-state index contributed by atoms with van der Waals surface area (Å²) in [4.78, 5) is 21.8.